The van der Waals surface area contributed by atoms with Crippen LogP contribution in [0.25, 0.3) is 0 Å². The molecule has 0 saturated carbocycles. The number of hydrogen-bond donors (Lipinski definition) is 1. The third-order valence-electron chi connectivity index (χ3n) is 3.01. The SMILES string of the molecule is O=[N+]([O-])c1ccc(CCNCc2ccccc2F)cc1. The van der Waals surface area contributed by atoms with Gasteiger partial charge in [-0.25, -0.2) is 4.39 Å². The highest BCUT2D eigenvalue weighted by Gasteiger charge is 2.04. The maximum absolute atomic E-state index is 13.4. The van der Waals surface area contributed by atoms with Crippen LogP contribution in [-0.4, -0.2) is 11.5 Å². The van der Waals surface area contributed by atoms with Crippen molar-refractivity contribution in [1.82, 2.24) is 5.32 Å². The van der Waals surface area contributed by atoms with Crippen molar-refractivity contribution >= 4 is 5.69 Å². The molecule has 20 heavy (non-hydrogen) atoms. The van der Waals surface area contributed by atoms with Crippen molar-refractivity contribution in [1.29, 1.82) is 0 Å². The number of nitro groups is 1. The highest BCUT2D eigenvalue weighted by Crippen LogP contribution is 2.12. The smallest absolute Gasteiger partial charge is 0.269 e. The standard InChI is InChI=1S/C15H15FN2O2/c16-15-4-2-1-3-13(15)11-17-10-9-12-5-7-14(8-6-12)18(19)20/h1-8,17H,9-11H2. The summed E-state index contributed by atoms with van der Waals surface area (Å²) >= 11 is 0. The Morgan fingerprint density at radius 2 is 1.80 bits per heavy atom. The first-order valence-corrected chi connectivity index (χ1v) is 6.34. The van der Waals surface area contributed by atoms with E-state index in [0.29, 0.717) is 18.7 Å². The van der Waals surface area contributed by atoms with E-state index in [0.717, 1.165) is 12.0 Å². The lowest BCUT2D eigenvalue weighted by atomic mass is 10.1. The van der Waals surface area contributed by atoms with E-state index in [1.807, 2.05) is 0 Å². The third-order valence-corrected chi connectivity index (χ3v) is 3.01. The van der Waals surface area contributed by atoms with Crippen LogP contribution in [-0.2, 0) is 13.0 Å². The van der Waals surface area contributed by atoms with Gasteiger partial charge >= 0.3 is 0 Å². The minimum Gasteiger partial charge on any atom is -0.312 e. The summed E-state index contributed by atoms with van der Waals surface area (Å²) in [5.74, 6) is -0.213. The Hall–Kier alpha value is -2.27. The van der Waals surface area contributed by atoms with E-state index in [1.165, 1.54) is 18.2 Å². The van der Waals surface area contributed by atoms with Crippen LogP contribution in [0.3, 0.4) is 0 Å². The molecular weight excluding hydrogens is 259 g/mol. The van der Waals surface area contributed by atoms with E-state index in [1.54, 1.807) is 30.3 Å². The van der Waals surface area contributed by atoms with Crippen LogP contribution >= 0.6 is 0 Å². The molecule has 2 rings (SSSR count). The van der Waals surface area contributed by atoms with E-state index >= 15 is 0 Å². The lowest BCUT2D eigenvalue weighted by molar-refractivity contribution is -0.384. The summed E-state index contributed by atoms with van der Waals surface area (Å²) < 4.78 is 13.4. The van der Waals surface area contributed by atoms with E-state index in [4.69, 9.17) is 0 Å². The van der Waals surface area contributed by atoms with Gasteiger partial charge in [0.15, 0.2) is 0 Å². The number of nitrogens with zero attached hydrogens (tertiary/aromatic N) is 1. The lowest BCUT2D eigenvalue weighted by Gasteiger charge is -2.06. The maximum atomic E-state index is 13.4. The van der Waals surface area contributed by atoms with Crippen LogP contribution in [0.15, 0.2) is 48.5 Å². The second-order valence-electron chi connectivity index (χ2n) is 4.44. The van der Waals surface area contributed by atoms with Crippen molar-refractivity contribution in [2.24, 2.45) is 0 Å². The molecule has 5 heteroatoms. The molecule has 0 saturated heterocycles. The molecular formula is C15H15FN2O2. The van der Waals surface area contributed by atoms with Crippen LogP contribution in [0.2, 0.25) is 0 Å². The number of rotatable bonds is 6. The molecule has 0 heterocycles. The van der Waals surface area contributed by atoms with Crippen molar-refractivity contribution < 1.29 is 9.31 Å². The minimum atomic E-state index is -0.416. The molecule has 2 aromatic carbocycles. The minimum absolute atomic E-state index is 0.0908. The first-order valence-electron chi connectivity index (χ1n) is 6.34. The molecule has 2 aromatic rings. The van der Waals surface area contributed by atoms with Crippen LogP contribution in [0.5, 0.6) is 0 Å². The van der Waals surface area contributed by atoms with E-state index in [9.17, 15) is 14.5 Å². The fraction of sp³-hybridized carbons (Fsp3) is 0.200. The molecule has 1 N–H and O–H groups in total. The van der Waals surface area contributed by atoms with Gasteiger partial charge in [0.25, 0.3) is 5.69 Å². The Balaban J connectivity index is 1.79. The summed E-state index contributed by atoms with van der Waals surface area (Å²) in [6, 6.07) is 13.1. The maximum Gasteiger partial charge on any atom is 0.269 e. The van der Waals surface area contributed by atoms with Crippen LogP contribution in [0.1, 0.15) is 11.1 Å². The molecule has 0 amide bonds. The molecule has 4 nitrogen and oxygen atoms in total. The zero-order valence-corrected chi connectivity index (χ0v) is 10.9. The molecule has 0 aliphatic rings. The van der Waals surface area contributed by atoms with Crippen LogP contribution in [0.4, 0.5) is 10.1 Å². The summed E-state index contributed by atoms with van der Waals surface area (Å²) in [5, 5.41) is 13.7. The molecule has 0 aliphatic heterocycles. The van der Waals surface area contributed by atoms with Crippen LogP contribution in [0, 0.1) is 15.9 Å². The zero-order chi connectivity index (χ0) is 14.4. The third kappa shape index (κ3) is 3.86. The van der Waals surface area contributed by atoms with Gasteiger partial charge in [-0.1, -0.05) is 30.3 Å². The number of benzene rings is 2. The highest BCUT2D eigenvalue weighted by molar-refractivity contribution is 5.32. The molecule has 0 aromatic heterocycles. The summed E-state index contributed by atoms with van der Waals surface area (Å²) in [4.78, 5) is 10.1. The Bertz CT molecular complexity index is 585. The van der Waals surface area contributed by atoms with Gasteiger partial charge in [0.2, 0.25) is 0 Å². The normalized spacial score (nSPS) is 10.4. The molecule has 104 valence electrons. The largest absolute Gasteiger partial charge is 0.312 e. The highest BCUT2D eigenvalue weighted by atomic mass is 19.1. The van der Waals surface area contributed by atoms with E-state index < -0.39 is 4.92 Å². The quantitative estimate of drug-likeness (QED) is 0.500. The van der Waals surface area contributed by atoms with Gasteiger partial charge < -0.3 is 5.32 Å². The number of nitro benzene ring substituents is 1. The predicted molar refractivity (Wildman–Crippen MR) is 74.9 cm³/mol. The molecule has 0 fully saturated rings. The average molecular weight is 274 g/mol. The molecule has 0 spiro atoms. The summed E-state index contributed by atoms with van der Waals surface area (Å²) in [6.07, 6.45) is 0.743. The first kappa shape index (κ1) is 14.1. The molecule has 0 aliphatic carbocycles. The van der Waals surface area contributed by atoms with Crippen molar-refractivity contribution in [2.45, 2.75) is 13.0 Å². The number of hydrogen-bond acceptors (Lipinski definition) is 3. The second kappa shape index (κ2) is 6.77. The molecule has 0 atom stereocenters. The summed E-state index contributed by atoms with van der Waals surface area (Å²) in [7, 11) is 0. The monoisotopic (exact) mass is 274 g/mol. The predicted octanol–water partition coefficient (Wildman–Crippen LogP) is 3.07. The van der Waals surface area contributed by atoms with E-state index in [2.05, 4.69) is 5.32 Å². The average Bonchev–Trinajstić information content (AvgIpc) is 2.46. The van der Waals surface area contributed by atoms with Gasteiger partial charge in [0.1, 0.15) is 5.82 Å². The number of nitrogens with one attached hydrogen (secondary N) is 1. The van der Waals surface area contributed by atoms with Gasteiger partial charge in [0, 0.05) is 24.2 Å². The lowest BCUT2D eigenvalue weighted by Crippen LogP contribution is -2.17. The zero-order valence-electron chi connectivity index (χ0n) is 10.9. The van der Waals surface area contributed by atoms with Gasteiger partial charge in [-0.05, 0) is 24.6 Å². The van der Waals surface area contributed by atoms with E-state index in [-0.39, 0.29) is 11.5 Å². The van der Waals surface area contributed by atoms with Gasteiger partial charge in [-0.3, -0.25) is 10.1 Å². The fourth-order valence-corrected chi connectivity index (χ4v) is 1.88. The Labute approximate surface area is 116 Å². The molecule has 0 bridgehead atoms. The van der Waals surface area contributed by atoms with Crippen molar-refractivity contribution in [2.75, 3.05) is 6.54 Å². The number of halogens is 1. The summed E-state index contributed by atoms with van der Waals surface area (Å²) in [5.41, 5.74) is 1.74. The van der Waals surface area contributed by atoms with Crippen molar-refractivity contribution in [3.8, 4) is 0 Å². The van der Waals surface area contributed by atoms with Crippen molar-refractivity contribution in [3.63, 3.8) is 0 Å². The van der Waals surface area contributed by atoms with Crippen LogP contribution < -0.4 is 5.32 Å². The fourth-order valence-electron chi connectivity index (χ4n) is 1.88. The number of non-ortho nitro benzene ring substituents is 1. The van der Waals surface area contributed by atoms with Gasteiger partial charge in [-0.15, -0.1) is 0 Å². The Kier molecular flexibility index (Phi) is 4.79. The molecule has 0 unspecified atom stereocenters. The Morgan fingerprint density at radius 3 is 2.45 bits per heavy atom. The Morgan fingerprint density at radius 1 is 1.10 bits per heavy atom. The summed E-state index contributed by atoms with van der Waals surface area (Å²) in [6.45, 7) is 1.16. The van der Waals surface area contributed by atoms with Gasteiger partial charge in [-0.2, -0.15) is 0 Å². The van der Waals surface area contributed by atoms with Gasteiger partial charge in [0.05, 0.1) is 4.92 Å². The molecule has 0 radical (unpaired) electrons. The topological polar surface area (TPSA) is 55.2 Å². The first-order chi connectivity index (χ1) is 9.66. The van der Waals surface area contributed by atoms with Crippen molar-refractivity contribution in [3.05, 3.63) is 75.6 Å². The second-order valence-corrected chi connectivity index (χ2v) is 4.44.